The number of carbonyl (C=O) groups excluding carboxylic acids is 2. The molecule has 0 spiro atoms. The van der Waals surface area contributed by atoms with E-state index in [-0.39, 0.29) is 11.8 Å². The number of hydrogen-bond donors (Lipinski definition) is 1. The second kappa shape index (κ2) is 10.3. The van der Waals surface area contributed by atoms with Gasteiger partial charge in [0.1, 0.15) is 6.04 Å². The molecule has 1 unspecified atom stereocenters. The number of carbonyl (C=O) groups is 2. The molecule has 1 N–H and O–H groups in total. The smallest absolute Gasteiger partial charge is 0.242 e. The van der Waals surface area contributed by atoms with Crippen LogP contribution in [0.15, 0.2) is 24.3 Å². The molecule has 0 heterocycles. The SMILES string of the molecule is CCCCNC(=O)C(CC)N(Cc1ccc(Cl)cc1)C(=O)CC. The number of hydrogen-bond acceptors (Lipinski definition) is 2. The number of benzene rings is 1. The first kappa shape index (κ1) is 19.5. The summed E-state index contributed by atoms with van der Waals surface area (Å²) in [5.41, 5.74) is 0.969. The quantitative estimate of drug-likeness (QED) is 0.697. The number of nitrogens with one attached hydrogen (secondary N) is 1. The molecule has 1 atom stereocenters. The number of rotatable bonds is 9. The molecule has 0 fully saturated rings. The first-order chi connectivity index (χ1) is 11.0. The Kier molecular flexibility index (Phi) is 8.70. The van der Waals surface area contributed by atoms with Gasteiger partial charge in [0.25, 0.3) is 0 Å². The van der Waals surface area contributed by atoms with Crippen molar-refractivity contribution in [3.8, 4) is 0 Å². The maximum atomic E-state index is 12.4. The Labute approximate surface area is 144 Å². The van der Waals surface area contributed by atoms with E-state index in [9.17, 15) is 9.59 Å². The van der Waals surface area contributed by atoms with E-state index in [1.807, 2.05) is 26.0 Å². The monoisotopic (exact) mass is 338 g/mol. The van der Waals surface area contributed by atoms with Crippen LogP contribution in [0, 0.1) is 0 Å². The molecule has 1 rings (SSSR count). The lowest BCUT2D eigenvalue weighted by Crippen LogP contribution is -2.49. The summed E-state index contributed by atoms with van der Waals surface area (Å²) in [4.78, 5) is 26.4. The van der Waals surface area contributed by atoms with E-state index in [4.69, 9.17) is 11.6 Å². The highest BCUT2D eigenvalue weighted by Gasteiger charge is 2.27. The summed E-state index contributed by atoms with van der Waals surface area (Å²) in [6.07, 6.45) is 2.95. The molecule has 0 saturated heterocycles. The summed E-state index contributed by atoms with van der Waals surface area (Å²) in [7, 11) is 0. The zero-order valence-electron chi connectivity index (χ0n) is 14.3. The van der Waals surface area contributed by atoms with Crippen molar-refractivity contribution in [1.82, 2.24) is 10.2 Å². The van der Waals surface area contributed by atoms with Crippen molar-refractivity contribution in [3.05, 3.63) is 34.9 Å². The van der Waals surface area contributed by atoms with Crippen LogP contribution >= 0.6 is 11.6 Å². The van der Waals surface area contributed by atoms with Crippen molar-refractivity contribution in [1.29, 1.82) is 0 Å². The van der Waals surface area contributed by atoms with E-state index in [1.54, 1.807) is 17.0 Å². The number of nitrogens with zero attached hydrogens (tertiary/aromatic N) is 1. The second-order valence-corrected chi connectivity index (χ2v) is 6.01. The largest absolute Gasteiger partial charge is 0.354 e. The molecular formula is C18H27ClN2O2. The molecule has 0 aliphatic carbocycles. The number of amides is 2. The van der Waals surface area contributed by atoms with Crippen molar-refractivity contribution in [2.45, 2.75) is 59.0 Å². The van der Waals surface area contributed by atoms with Crippen LogP contribution in [-0.4, -0.2) is 29.3 Å². The van der Waals surface area contributed by atoms with Gasteiger partial charge in [-0.1, -0.05) is 50.9 Å². The molecule has 0 aromatic heterocycles. The fourth-order valence-electron chi connectivity index (χ4n) is 2.42. The van der Waals surface area contributed by atoms with Gasteiger partial charge in [-0.05, 0) is 30.5 Å². The molecule has 0 radical (unpaired) electrons. The third-order valence-corrected chi connectivity index (χ3v) is 4.04. The molecule has 2 amide bonds. The fraction of sp³-hybridized carbons (Fsp3) is 0.556. The van der Waals surface area contributed by atoms with E-state index in [0.717, 1.165) is 18.4 Å². The molecule has 23 heavy (non-hydrogen) atoms. The van der Waals surface area contributed by atoms with Crippen LogP contribution in [0.3, 0.4) is 0 Å². The van der Waals surface area contributed by atoms with Crippen LogP contribution in [0.5, 0.6) is 0 Å². The Morgan fingerprint density at radius 3 is 2.35 bits per heavy atom. The predicted molar refractivity (Wildman–Crippen MR) is 94.3 cm³/mol. The van der Waals surface area contributed by atoms with Crippen LogP contribution in [0.2, 0.25) is 5.02 Å². The number of halogens is 1. The van der Waals surface area contributed by atoms with E-state index in [1.165, 1.54) is 0 Å². The molecule has 128 valence electrons. The Hall–Kier alpha value is -1.55. The van der Waals surface area contributed by atoms with Crippen LogP contribution in [-0.2, 0) is 16.1 Å². The van der Waals surface area contributed by atoms with Crippen LogP contribution in [0.4, 0.5) is 0 Å². The van der Waals surface area contributed by atoms with Gasteiger partial charge in [0.05, 0.1) is 0 Å². The lowest BCUT2D eigenvalue weighted by atomic mass is 10.1. The minimum atomic E-state index is -0.435. The molecule has 4 nitrogen and oxygen atoms in total. The third-order valence-electron chi connectivity index (χ3n) is 3.78. The van der Waals surface area contributed by atoms with Crippen LogP contribution in [0.25, 0.3) is 0 Å². The van der Waals surface area contributed by atoms with Crippen molar-refractivity contribution in [3.63, 3.8) is 0 Å². The zero-order valence-corrected chi connectivity index (χ0v) is 15.0. The van der Waals surface area contributed by atoms with Gasteiger partial charge in [-0.2, -0.15) is 0 Å². The van der Waals surface area contributed by atoms with Gasteiger partial charge in [0.15, 0.2) is 0 Å². The summed E-state index contributed by atoms with van der Waals surface area (Å²) in [6.45, 7) is 6.90. The molecule has 5 heteroatoms. The van der Waals surface area contributed by atoms with E-state index < -0.39 is 6.04 Å². The zero-order chi connectivity index (χ0) is 17.2. The van der Waals surface area contributed by atoms with Crippen molar-refractivity contribution < 1.29 is 9.59 Å². The van der Waals surface area contributed by atoms with Gasteiger partial charge in [0.2, 0.25) is 11.8 Å². The van der Waals surface area contributed by atoms with Crippen LogP contribution < -0.4 is 5.32 Å². The van der Waals surface area contributed by atoms with Gasteiger partial charge in [0, 0.05) is 24.5 Å². The predicted octanol–water partition coefficient (Wildman–Crippen LogP) is 3.77. The van der Waals surface area contributed by atoms with Gasteiger partial charge >= 0.3 is 0 Å². The first-order valence-corrected chi connectivity index (χ1v) is 8.72. The van der Waals surface area contributed by atoms with Crippen LogP contribution in [0.1, 0.15) is 52.0 Å². The average Bonchev–Trinajstić information content (AvgIpc) is 2.56. The maximum Gasteiger partial charge on any atom is 0.242 e. The molecular weight excluding hydrogens is 312 g/mol. The highest BCUT2D eigenvalue weighted by Crippen LogP contribution is 2.16. The fourth-order valence-corrected chi connectivity index (χ4v) is 2.54. The van der Waals surface area contributed by atoms with Crippen molar-refractivity contribution >= 4 is 23.4 Å². The molecule has 0 saturated carbocycles. The van der Waals surface area contributed by atoms with E-state index in [0.29, 0.717) is 31.0 Å². The summed E-state index contributed by atoms with van der Waals surface area (Å²) < 4.78 is 0. The molecule has 0 aliphatic heterocycles. The highest BCUT2D eigenvalue weighted by molar-refractivity contribution is 6.30. The van der Waals surface area contributed by atoms with E-state index >= 15 is 0 Å². The summed E-state index contributed by atoms with van der Waals surface area (Å²) in [5.74, 6) is -0.0887. The topological polar surface area (TPSA) is 49.4 Å². The molecule has 1 aromatic rings. The van der Waals surface area contributed by atoms with E-state index in [2.05, 4.69) is 12.2 Å². The first-order valence-electron chi connectivity index (χ1n) is 8.35. The lowest BCUT2D eigenvalue weighted by molar-refractivity contribution is -0.141. The Bertz CT molecular complexity index is 502. The maximum absolute atomic E-state index is 12.4. The minimum absolute atomic E-state index is 0.0163. The van der Waals surface area contributed by atoms with Gasteiger partial charge in [-0.25, -0.2) is 0 Å². The third kappa shape index (κ3) is 6.22. The summed E-state index contributed by atoms with van der Waals surface area (Å²) >= 11 is 5.90. The van der Waals surface area contributed by atoms with Gasteiger partial charge in [-0.15, -0.1) is 0 Å². The Morgan fingerprint density at radius 1 is 1.17 bits per heavy atom. The summed E-state index contributed by atoms with van der Waals surface area (Å²) in [5, 5.41) is 3.59. The molecule has 1 aromatic carbocycles. The Morgan fingerprint density at radius 2 is 1.83 bits per heavy atom. The van der Waals surface area contributed by atoms with Crippen molar-refractivity contribution in [2.24, 2.45) is 0 Å². The van der Waals surface area contributed by atoms with Gasteiger partial charge in [-0.3, -0.25) is 9.59 Å². The molecule has 0 bridgehead atoms. The standard InChI is InChI=1S/C18H27ClN2O2/c1-4-7-12-20-18(23)16(5-2)21(17(22)6-3)13-14-8-10-15(19)11-9-14/h8-11,16H,4-7,12-13H2,1-3H3,(H,20,23). The molecule has 0 aliphatic rings. The summed E-state index contributed by atoms with van der Waals surface area (Å²) in [6, 6.07) is 6.94. The second-order valence-electron chi connectivity index (χ2n) is 5.57. The Balaban J connectivity index is 2.86. The van der Waals surface area contributed by atoms with Crippen molar-refractivity contribution in [2.75, 3.05) is 6.54 Å². The van der Waals surface area contributed by atoms with Gasteiger partial charge < -0.3 is 10.2 Å². The normalized spacial score (nSPS) is 11.8. The highest BCUT2D eigenvalue weighted by atomic mass is 35.5. The average molecular weight is 339 g/mol. The minimum Gasteiger partial charge on any atom is -0.354 e. The lowest BCUT2D eigenvalue weighted by Gasteiger charge is -2.30. The number of unbranched alkanes of at least 4 members (excludes halogenated alkanes) is 1.